The molecule has 0 aliphatic rings. The summed E-state index contributed by atoms with van der Waals surface area (Å²) in [7, 11) is 0. The molecular weight excluding hydrogens is 338 g/mol. The lowest BCUT2D eigenvalue weighted by molar-refractivity contribution is -0.130. The van der Waals surface area contributed by atoms with Gasteiger partial charge in [-0.2, -0.15) is 0 Å². The molecule has 2 rings (SSSR count). The molecule has 24 heavy (non-hydrogen) atoms. The Kier molecular flexibility index (Phi) is 4.63. The molecule has 10 heteroatoms. The van der Waals surface area contributed by atoms with Gasteiger partial charge in [0.1, 0.15) is 0 Å². The second kappa shape index (κ2) is 6.21. The van der Waals surface area contributed by atoms with Gasteiger partial charge in [-0.05, 0) is 35.4 Å². The molecule has 2 aromatic rings. The van der Waals surface area contributed by atoms with Crippen LogP contribution in [-0.2, 0) is 0 Å². The van der Waals surface area contributed by atoms with Crippen LogP contribution in [0, 0.1) is 0 Å². The average molecular weight is 350 g/mol. The first-order valence-electron chi connectivity index (χ1n) is 6.44. The summed E-state index contributed by atoms with van der Waals surface area (Å²) < 4.78 is 74.8. The van der Waals surface area contributed by atoms with Crippen LogP contribution < -0.4 is 21.7 Å². The topological polar surface area (TPSA) is 58.5 Å². The quantitative estimate of drug-likeness (QED) is 0.383. The number of halogens is 6. The summed E-state index contributed by atoms with van der Waals surface area (Å²) in [5, 5.41) is -0.676. The minimum absolute atomic E-state index is 0.270. The number of rotatable bonds is 3. The maximum atomic E-state index is 12.5. The van der Waals surface area contributed by atoms with E-state index in [-0.39, 0.29) is 21.4 Å². The fraction of sp³-hybridized carbons (Fsp3) is 0.143. The highest BCUT2D eigenvalue weighted by Crippen LogP contribution is 2.30. The average Bonchev–Trinajstić information content (AvgIpc) is 2.52. The number of hydrogen-bond donors (Lipinski definition) is 2. The molecule has 0 spiro atoms. The highest BCUT2D eigenvalue weighted by molar-refractivity contribution is 5.68. The molecule has 0 atom stereocenters. The van der Waals surface area contributed by atoms with Crippen LogP contribution in [0.3, 0.4) is 0 Å². The highest BCUT2D eigenvalue weighted by Gasteiger charge is 2.36. The van der Waals surface area contributed by atoms with E-state index in [2.05, 4.69) is 0 Å². The van der Waals surface area contributed by atoms with E-state index in [1.54, 1.807) is 0 Å². The Morgan fingerprint density at radius 2 is 0.792 bits per heavy atom. The number of hydrogen-bond acceptors (Lipinski definition) is 4. The second-order valence-corrected chi connectivity index (χ2v) is 4.77. The van der Waals surface area contributed by atoms with Gasteiger partial charge >= 0.3 is 12.6 Å². The molecule has 0 unspecified atom stereocenters. The summed E-state index contributed by atoms with van der Waals surface area (Å²) in [6.07, 6.45) is -9.43. The predicted octanol–water partition coefficient (Wildman–Crippen LogP) is 3.75. The highest BCUT2D eigenvalue weighted by atomic mass is 19.4. The molecule has 0 bridgehead atoms. The van der Waals surface area contributed by atoms with Gasteiger partial charge in [-0.3, -0.25) is 0 Å². The predicted molar refractivity (Wildman–Crippen MR) is 77.3 cm³/mol. The second-order valence-electron chi connectivity index (χ2n) is 4.77. The maximum Gasteiger partial charge on any atom is 0.498 e. The summed E-state index contributed by atoms with van der Waals surface area (Å²) in [5.74, 6) is 9.87. The zero-order valence-electron chi connectivity index (χ0n) is 11.9. The minimum Gasteiger partial charge on any atom is -0.240 e. The minimum atomic E-state index is -4.72. The van der Waals surface area contributed by atoms with E-state index in [0.717, 1.165) is 24.3 Å². The van der Waals surface area contributed by atoms with Gasteiger partial charge in [-0.25, -0.2) is 21.7 Å². The third kappa shape index (κ3) is 3.89. The fourth-order valence-corrected chi connectivity index (χ4v) is 1.92. The van der Waals surface area contributed by atoms with Crippen molar-refractivity contribution in [2.75, 3.05) is 10.0 Å². The van der Waals surface area contributed by atoms with Crippen molar-refractivity contribution in [3.63, 3.8) is 0 Å². The van der Waals surface area contributed by atoms with E-state index >= 15 is 0 Å². The van der Waals surface area contributed by atoms with E-state index in [1.165, 1.54) is 24.3 Å². The zero-order chi connectivity index (χ0) is 18.1. The third-order valence-corrected chi connectivity index (χ3v) is 3.17. The molecule has 0 aromatic heterocycles. The van der Waals surface area contributed by atoms with Gasteiger partial charge in [0, 0.05) is 0 Å². The van der Waals surface area contributed by atoms with Gasteiger partial charge in [0.15, 0.2) is 0 Å². The Labute approximate surface area is 132 Å². The van der Waals surface area contributed by atoms with Crippen LogP contribution in [0.5, 0.6) is 0 Å². The maximum absolute atomic E-state index is 12.5. The number of anilines is 2. The molecule has 4 nitrogen and oxygen atoms in total. The van der Waals surface area contributed by atoms with Gasteiger partial charge in [0.05, 0.1) is 11.4 Å². The molecule has 2 aromatic carbocycles. The molecule has 0 saturated carbocycles. The lowest BCUT2D eigenvalue weighted by Crippen LogP contribution is -2.43. The summed E-state index contributed by atoms with van der Waals surface area (Å²) in [6.45, 7) is 0. The van der Waals surface area contributed by atoms with Crippen molar-refractivity contribution in [2.45, 2.75) is 12.6 Å². The van der Waals surface area contributed by atoms with Crippen molar-refractivity contribution < 1.29 is 26.3 Å². The fourth-order valence-electron chi connectivity index (χ4n) is 1.92. The standard InChI is InChI=1S/C14H12F6N4/c15-13(16,17)23(21)11-5-1-9(2-6-11)10-3-7-12(8-4-10)24(22)14(18,19)20/h1-8H,21-22H2. The van der Waals surface area contributed by atoms with Crippen LogP contribution in [0.1, 0.15) is 0 Å². The molecule has 0 radical (unpaired) electrons. The van der Waals surface area contributed by atoms with Crippen molar-refractivity contribution in [3.8, 4) is 11.1 Å². The van der Waals surface area contributed by atoms with E-state index < -0.39 is 12.6 Å². The smallest absolute Gasteiger partial charge is 0.240 e. The molecule has 4 N–H and O–H groups in total. The molecule has 0 heterocycles. The molecule has 0 fully saturated rings. The number of nitrogens with zero attached hydrogens (tertiary/aromatic N) is 2. The van der Waals surface area contributed by atoms with Crippen LogP contribution in [0.25, 0.3) is 11.1 Å². The Morgan fingerprint density at radius 3 is 1.00 bits per heavy atom. The largest absolute Gasteiger partial charge is 0.498 e. The Hall–Kier alpha value is -2.46. The van der Waals surface area contributed by atoms with E-state index in [9.17, 15) is 26.3 Å². The zero-order valence-corrected chi connectivity index (χ0v) is 11.9. The van der Waals surface area contributed by atoms with Crippen molar-refractivity contribution in [3.05, 3.63) is 48.5 Å². The van der Waals surface area contributed by atoms with Crippen molar-refractivity contribution >= 4 is 11.4 Å². The van der Waals surface area contributed by atoms with Crippen LogP contribution in [0.15, 0.2) is 48.5 Å². The molecule has 0 aliphatic carbocycles. The summed E-state index contributed by atoms with van der Waals surface area (Å²) in [6, 6.07) is 10.1. The van der Waals surface area contributed by atoms with Gasteiger partial charge in [-0.15, -0.1) is 26.3 Å². The van der Waals surface area contributed by atoms with Crippen molar-refractivity contribution in [1.29, 1.82) is 0 Å². The molecule has 0 aliphatic heterocycles. The molecule has 130 valence electrons. The van der Waals surface area contributed by atoms with Gasteiger partial charge in [-0.1, -0.05) is 24.3 Å². The number of alkyl halides is 6. The van der Waals surface area contributed by atoms with Crippen LogP contribution in [0.4, 0.5) is 37.7 Å². The normalized spacial score (nSPS) is 12.2. The first-order chi connectivity index (χ1) is 11.0. The molecule has 0 saturated heterocycles. The first-order valence-corrected chi connectivity index (χ1v) is 6.44. The molecular formula is C14H12F6N4. The van der Waals surface area contributed by atoms with Crippen LogP contribution >= 0.6 is 0 Å². The van der Waals surface area contributed by atoms with E-state index in [1.807, 2.05) is 0 Å². The lowest BCUT2D eigenvalue weighted by atomic mass is 10.0. The number of benzene rings is 2. The number of nitrogens with two attached hydrogens (primary N) is 2. The van der Waals surface area contributed by atoms with E-state index in [0.29, 0.717) is 11.1 Å². The summed E-state index contributed by atoms with van der Waals surface area (Å²) in [5.41, 5.74) is 0.481. The molecule has 0 amide bonds. The van der Waals surface area contributed by atoms with Crippen LogP contribution in [-0.4, -0.2) is 12.6 Å². The monoisotopic (exact) mass is 350 g/mol. The summed E-state index contributed by atoms with van der Waals surface area (Å²) >= 11 is 0. The lowest BCUT2D eigenvalue weighted by Gasteiger charge is -2.22. The van der Waals surface area contributed by atoms with Gasteiger partial charge < -0.3 is 0 Å². The first kappa shape index (κ1) is 17.9. The Bertz CT molecular complexity index is 617. The Balaban J connectivity index is 2.21. The third-order valence-electron chi connectivity index (χ3n) is 3.17. The van der Waals surface area contributed by atoms with E-state index in [4.69, 9.17) is 11.7 Å². The van der Waals surface area contributed by atoms with Crippen molar-refractivity contribution in [1.82, 2.24) is 0 Å². The SMILES string of the molecule is NN(c1ccc(-c2ccc(N(N)C(F)(F)F)cc2)cc1)C(F)(F)F. The van der Waals surface area contributed by atoms with Crippen LogP contribution in [0.2, 0.25) is 0 Å². The van der Waals surface area contributed by atoms with Gasteiger partial charge in [0.2, 0.25) is 0 Å². The van der Waals surface area contributed by atoms with Crippen molar-refractivity contribution in [2.24, 2.45) is 11.7 Å². The summed E-state index contributed by atoms with van der Waals surface area (Å²) in [4.78, 5) is 0. The number of hydrazine groups is 2. The van der Waals surface area contributed by atoms with Gasteiger partial charge in [0.25, 0.3) is 0 Å². The Morgan fingerprint density at radius 1 is 0.542 bits per heavy atom.